The molecule has 132 valence electrons. The zero-order valence-corrected chi connectivity index (χ0v) is 14.6. The minimum absolute atomic E-state index is 0.0177. The smallest absolute Gasteiger partial charge is 0.273 e. The number of benzene rings is 1. The van der Waals surface area contributed by atoms with Crippen molar-refractivity contribution in [1.29, 1.82) is 0 Å². The Kier molecular flexibility index (Phi) is 6.39. The number of carbonyl (C=O) groups excluding carboxylic acids is 1. The predicted octanol–water partition coefficient (Wildman–Crippen LogP) is 3.00. The number of nitrogens with zero attached hydrogens (tertiary/aromatic N) is 2. The zero-order valence-electron chi connectivity index (χ0n) is 13.9. The highest BCUT2D eigenvalue weighted by Gasteiger charge is 2.23. The molecule has 0 saturated carbocycles. The standard InChI is InChI=1S/C16H22ClN3O4/c1-11-9-14(13(17)10-15(11)20(22)23)18-12-3-6-19(7-4-12)16(21)5-8-24-2/h9-10,12,18H,3-8H2,1-2H3. The predicted molar refractivity (Wildman–Crippen MR) is 92.6 cm³/mol. The molecular formula is C16H22ClN3O4. The number of carbonyl (C=O) groups is 1. The van der Waals surface area contributed by atoms with E-state index in [1.54, 1.807) is 20.1 Å². The van der Waals surface area contributed by atoms with Crippen LogP contribution in [-0.4, -0.2) is 48.6 Å². The number of methoxy groups -OCH3 is 1. The van der Waals surface area contributed by atoms with Gasteiger partial charge in [0.2, 0.25) is 5.91 Å². The van der Waals surface area contributed by atoms with Crippen molar-refractivity contribution in [2.75, 3.05) is 32.1 Å². The van der Waals surface area contributed by atoms with Crippen LogP contribution in [0.15, 0.2) is 12.1 Å². The first-order chi connectivity index (χ1) is 11.4. The molecule has 0 aromatic heterocycles. The first-order valence-corrected chi connectivity index (χ1v) is 8.28. The van der Waals surface area contributed by atoms with Crippen LogP contribution >= 0.6 is 11.6 Å². The van der Waals surface area contributed by atoms with Crippen LogP contribution in [0.25, 0.3) is 0 Å². The Labute approximate surface area is 146 Å². The first kappa shape index (κ1) is 18.5. The molecule has 1 aliphatic heterocycles. The number of piperidine rings is 1. The summed E-state index contributed by atoms with van der Waals surface area (Å²) in [6, 6.07) is 3.27. The Hall–Kier alpha value is -1.86. The number of aryl methyl sites for hydroxylation is 1. The zero-order chi connectivity index (χ0) is 17.7. The van der Waals surface area contributed by atoms with Gasteiger partial charge in [0.25, 0.3) is 5.69 Å². The molecule has 0 unspecified atom stereocenters. The van der Waals surface area contributed by atoms with Gasteiger partial charge in [0.15, 0.2) is 0 Å². The maximum atomic E-state index is 12.0. The lowest BCUT2D eigenvalue weighted by Crippen LogP contribution is -2.42. The van der Waals surface area contributed by atoms with Crippen molar-refractivity contribution in [3.8, 4) is 0 Å². The second-order valence-corrected chi connectivity index (χ2v) is 6.33. The van der Waals surface area contributed by atoms with Gasteiger partial charge in [-0.15, -0.1) is 0 Å². The third-order valence-electron chi connectivity index (χ3n) is 4.21. The van der Waals surface area contributed by atoms with Crippen LogP contribution in [0.2, 0.25) is 5.02 Å². The summed E-state index contributed by atoms with van der Waals surface area (Å²) >= 11 is 6.16. The number of nitro groups is 1. The Bertz CT molecular complexity index is 616. The summed E-state index contributed by atoms with van der Waals surface area (Å²) < 4.78 is 4.93. The van der Waals surface area contributed by atoms with Crippen molar-refractivity contribution in [3.63, 3.8) is 0 Å². The Morgan fingerprint density at radius 1 is 1.46 bits per heavy atom. The van der Waals surface area contributed by atoms with E-state index in [2.05, 4.69) is 5.32 Å². The van der Waals surface area contributed by atoms with Crippen LogP contribution in [0, 0.1) is 17.0 Å². The number of amides is 1. The molecule has 1 aliphatic rings. The molecule has 1 N–H and O–H groups in total. The van der Waals surface area contributed by atoms with Crippen molar-refractivity contribution < 1.29 is 14.5 Å². The van der Waals surface area contributed by atoms with Gasteiger partial charge in [-0.1, -0.05) is 11.6 Å². The van der Waals surface area contributed by atoms with Gasteiger partial charge in [0.1, 0.15) is 0 Å². The number of nitro benzene ring substituents is 1. The topological polar surface area (TPSA) is 84.7 Å². The summed E-state index contributed by atoms with van der Waals surface area (Å²) in [5, 5.41) is 14.6. The molecule has 1 amide bonds. The second kappa shape index (κ2) is 8.30. The molecule has 1 fully saturated rings. The molecule has 7 nitrogen and oxygen atoms in total. The molecular weight excluding hydrogens is 334 g/mol. The molecule has 0 atom stereocenters. The summed E-state index contributed by atoms with van der Waals surface area (Å²) in [5.74, 6) is 0.111. The van der Waals surface area contributed by atoms with Crippen LogP contribution in [-0.2, 0) is 9.53 Å². The number of nitrogens with one attached hydrogen (secondary N) is 1. The minimum Gasteiger partial charge on any atom is -0.384 e. The summed E-state index contributed by atoms with van der Waals surface area (Å²) in [4.78, 5) is 24.3. The molecule has 0 radical (unpaired) electrons. The number of hydrogen-bond acceptors (Lipinski definition) is 5. The number of hydrogen-bond donors (Lipinski definition) is 1. The normalized spacial score (nSPS) is 15.4. The van der Waals surface area contributed by atoms with E-state index >= 15 is 0 Å². The molecule has 1 aromatic carbocycles. The average molecular weight is 356 g/mol. The van der Waals surface area contributed by atoms with Gasteiger partial charge < -0.3 is 15.0 Å². The highest BCUT2D eigenvalue weighted by atomic mass is 35.5. The van der Waals surface area contributed by atoms with Gasteiger partial charge in [-0.2, -0.15) is 0 Å². The molecule has 1 saturated heterocycles. The maximum Gasteiger partial charge on any atom is 0.273 e. The van der Waals surface area contributed by atoms with E-state index in [9.17, 15) is 14.9 Å². The number of anilines is 1. The van der Waals surface area contributed by atoms with Crippen LogP contribution < -0.4 is 5.32 Å². The Balaban J connectivity index is 1.93. The Morgan fingerprint density at radius 2 is 2.12 bits per heavy atom. The van der Waals surface area contributed by atoms with Crippen LogP contribution in [0.4, 0.5) is 11.4 Å². The van der Waals surface area contributed by atoms with Gasteiger partial charge in [-0.05, 0) is 25.8 Å². The SMILES string of the molecule is COCCC(=O)N1CCC(Nc2cc(C)c([N+](=O)[O-])cc2Cl)CC1. The van der Waals surface area contributed by atoms with Crippen LogP contribution in [0.1, 0.15) is 24.8 Å². The highest BCUT2D eigenvalue weighted by molar-refractivity contribution is 6.33. The van der Waals surface area contributed by atoms with Crippen molar-refractivity contribution in [3.05, 3.63) is 32.8 Å². The third-order valence-corrected chi connectivity index (χ3v) is 4.52. The van der Waals surface area contributed by atoms with E-state index < -0.39 is 4.92 Å². The van der Waals surface area contributed by atoms with Gasteiger partial charge in [-0.3, -0.25) is 14.9 Å². The quantitative estimate of drug-likeness (QED) is 0.626. The fraction of sp³-hybridized carbons (Fsp3) is 0.562. The lowest BCUT2D eigenvalue weighted by molar-refractivity contribution is -0.385. The lowest BCUT2D eigenvalue weighted by atomic mass is 10.0. The van der Waals surface area contributed by atoms with Crippen molar-refractivity contribution in [2.45, 2.75) is 32.2 Å². The van der Waals surface area contributed by atoms with Gasteiger partial charge in [-0.25, -0.2) is 0 Å². The molecule has 0 aliphatic carbocycles. The molecule has 0 spiro atoms. The highest BCUT2D eigenvalue weighted by Crippen LogP contribution is 2.31. The fourth-order valence-electron chi connectivity index (χ4n) is 2.82. The van der Waals surface area contributed by atoms with Crippen molar-refractivity contribution in [1.82, 2.24) is 4.90 Å². The second-order valence-electron chi connectivity index (χ2n) is 5.92. The van der Waals surface area contributed by atoms with Crippen LogP contribution in [0.3, 0.4) is 0 Å². The first-order valence-electron chi connectivity index (χ1n) is 7.90. The van der Waals surface area contributed by atoms with Gasteiger partial charge in [0.05, 0.1) is 28.7 Å². The summed E-state index contributed by atoms with van der Waals surface area (Å²) in [7, 11) is 1.58. The fourth-order valence-corrected chi connectivity index (χ4v) is 3.03. The van der Waals surface area contributed by atoms with Crippen molar-refractivity contribution in [2.24, 2.45) is 0 Å². The van der Waals surface area contributed by atoms with Crippen molar-refractivity contribution >= 4 is 28.9 Å². The third kappa shape index (κ3) is 4.58. The summed E-state index contributed by atoms with van der Waals surface area (Å²) in [5.41, 5.74) is 1.28. The van der Waals surface area contributed by atoms with Gasteiger partial charge >= 0.3 is 0 Å². The molecule has 1 heterocycles. The maximum absolute atomic E-state index is 12.0. The molecule has 2 rings (SSSR count). The van der Waals surface area contributed by atoms with E-state index in [1.807, 2.05) is 4.90 Å². The summed E-state index contributed by atoms with van der Waals surface area (Å²) in [6.45, 7) is 3.50. The number of halogens is 1. The van der Waals surface area contributed by atoms with E-state index in [1.165, 1.54) is 6.07 Å². The lowest BCUT2D eigenvalue weighted by Gasteiger charge is -2.33. The minimum atomic E-state index is -0.435. The van der Waals surface area contributed by atoms with E-state index in [0.717, 1.165) is 12.8 Å². The molecule has 0 bridgehead atoms. The van der Waals surface area contributed by atoms with Gasteiger partial charge in [0, 0.05) is 37.9 Å². The molecule has 24 heavy (non-hydrogen) atoms. The van der Waals surface area contributed by atoms with E-state index in [0.29, 0.717) is 42.4 Å². The number of likely N-dealkylation sites (tertiary alicyclic amines) is 1. The summed E-state index contributed by atoms with van der Waals surface area (Å²) in [6.07, 6.45) is 2.03. The average Bonchev–Trinajstić information content (AvgIpc) is 2.56. The Morgan fingerprint density at radius 3 is 2.71 bits per heavy atom. The number of rotatable bonds is 6. The van der Waals surface area contributed by atoms with E-state index in [-0.39, 0.29) is 17.6 Å². The monoisotopic (exact) mass is 355 g/mol. The molecule has 8 heteroatoms. The van der Waals surface area contributed by atoms with Crippen LogP contribution in [0.5, 0.6) is 0 Å². The largest absolute Gasteiger partial charge is 0.384 e. The van der Waals surface area contributed by atoms with E-state index in [4.69, 9.17) is 16.3 Å². The number of ether oxygens (including phenoxy) is 1. The molecule has 1 aromatic rings.